The van der Waals surface area contributed by atoms with Crippen molar-refractivity contribution in [2.75, 3.05) is 44.6 Å². The predicted octanol–water partition coefficient (Wildman–Crippen LogP) is 6.08. The van der Waals surface area contributed by atoms with E-state index in [9.17, 15) is 24.3 Å². The number of benzene rings is 1. The van der Waals surface area contributed by atoms with E-state index >= 15 is 0 Å². The number of ether oxygens (including phenoxy) is 3. The van der Waals surface area contributed by atoms with E-state index in [0.29, 0.717) is 58.2 Å². The standard InChI is InChI=1S/C46H60ClN7O9/c1-7-27-22-46(27,42(57)58)53-41(56)32-20-29(19-31(32)39(55)40(45(4,5)6)52-44(59)63-28-17-25-16-26(25)18-28)62-36-21-33(34-23-61-43(51-34)49-24(2)3)50-38-30(36)8-9-35(37(38)47)60-15-14-54-12-10-48-11-13-54/h7-9,21,23-29,31-32,40,48H,1,10-20,22H2,2-6H3,(H,49,51)(H,52,59)(H,53,56)(H,57,58)/t25-,26+,27-,28?,29+,31?,32-,40-,46-/m1/s1. The van der Waals surface area contributed by atoms with Crippen LogP contribution >= 0.6 is 11.6 Å². The Kier molecular flexibility index (Phi) is 12.7. The Bertz CT molecular complexity index is 2230. The van der Waals surface area contributed by atoms with Gasteiger partial charge in [-0.1, -0.05) is 38.4 Å². The van der Waals surface area contributed by atoms with Crippen LogP contribution in [0.3, 0.4) is 0 Å². The number of piperazine rings is 1. The molecule has 5 N–H and O–H groups in total. The molecule has 17 heteroatoms. The predicted molar refractivity (Wildman–Crippen MR) is 236 cm³/mol. The number of rotatable bonds is 17. The maximum Gasteiger partial charge on any atom is 0.408 e. The number of pyridine rings is 1. The van der Waals surface area contributed by atoms with Crippen LogP contribution in [0.15, 0.2) is 41.5 Å². The van der Waals surface area contributed by atoms with E-state index in [-0.39, 0.29) is 42.2 Å². The first-order valence-electron chi connectivity index (χ1n) is 22.3. The molecular formula is C46H60ClN7O9. The quantitative estimate of drug-likeness (QED) is 0.0976. The van der Waals surface area contributed by atoms with Crippen molar-refractivity contribution in [3.05, 3.63) is 42.1 Å². The molecule has 3 aromatic rings. The molecule has 16 nitrogen and oxygen atoms in total. The van der Waals surface area contributed by atoms with Gasteiger partial charge in [0, 0.05) is 62.1 Å². The maximum absolute atomic E-state index is 14.9. The van der Waals surface area contributed by atoms with E-state index in [1.165, 1.54) is 18.8 Å². The van der Waals surface area contributed by atoms with Gasteiger partial charge in [0.1, 0.15) is 52.8 Å². The van der Waals surface area contributed by atoms with E-state index in [1.54, 1.807) is 12.1 Å². The molecule has 2 aromatic heterocycles. The highest BCUT2D eigenvalue weighted by atomic mass is 35.5. The minimum absolute atomic E-state index is 0.0583. The number of Topliss-reactive ketones (excluding diaryl/α,β-unsaturated/α-hetero) is 1. The number of nitrogens with zero attached hydrogens (tertiary/aromatic N) is 3. The van der Waals surface area contributed by atoms with Gasteiger partial charge in [-0.15, -0.1) is 6.58 Å². The van der Waals surface area contributed by atoms with Crippen LogP contribution in [0.4, 0.5) is 10.8 Å². The van der Waals surface area contributed by atoms with Gasteiger partial charge in [-0.05, 0) is 81.8 Å². The van der Waals surface area contributed by atoms with Crippen molar-refractivity contribution >= 4 is 52.3 Å². The van der Waals surface area contributed by atoms with E-state index < -0.39 is 58.8 Å². The number of fused-ring (bicyclic) bond motifs is 2. The van der Waals surface area contributed by atoms with E-state index in [4.69, 9.17) is 35.2 Å². The first-order valence-corrected chi connectivity index (χ1v) is 22.7. The normalized spacial score (nSPS) is 28.2. The number of aliphatic carboxylic acids is 1. The highest BCUT2D eigenvalue weighted by molar-refractivity contribution is 6.36. The second kappa shape index (κ2) is 17.9. The highest BCUT2D eigenvalue weighted by Crippen LogP contribution is 2.53. The number of amides is 2. The third kappa shape index (κ3) is 9.77. The van der Waals surface area contributed by atoms with Crippen LogP contribution in [0, 0.1) is 35.0 Å². The molecule has 0 radical (unpaired) electrons. The molecule has 1 aliphatic heterocycles. The minimum Gasteiger partial charge on any atom is -0.491 e. The van der Waals surface area contributed by atoms with Gasteiger partial charge in [0.2, 0.25) is 5.91 Å². The molecule has 8 rings (SSSR count). The van der Waals surface area contributed by atoms with Gasteiger partial charge in [-0.25, -0.2) is 14.6 Å². The van der Waals surface area contributed by atoms with Crippen LogP contribution < -0.4 is 30.7 Å². The number of carbonyl (C=O) groups excluding carboxylic acids is 3. The molecule has 63 heavy (non-hydrogen) atoms. The number of alkyl carbamates (subject to hydrolysis) is 1. The fourth-order valence-electron chi connectivity index (χ4n) is 9.66. The van der Waals surface area contributed by atoms with Crippen LogP contribution in [0.25, 0.3) is 22.3 Å². The lowest BCUT2D eigenvalue weighted by atomic mass is 9.77. The van der Waals surface area contributed by atoms with Crippen molar-refractivity contribution < 1.29 is 42.9 Å². The molecule has 4 aliphatic carbocycles. The number of hydrogen-bond donors (Lipinski definition) is 5. The summed E-state index contributed by atoms with van der Waals surface area (Å²) in [5, 5.41) is 23.2. The van der Waals surface area contributed by atoms with Gasteiger partial charge < -0.3 is 45.0 Å². The van der Waals surface area contributed by atoms with Gasteiger partial charge in [0.05, 0.1) is 23.2 Å². The number of anilines is 1. The third-order valence-corrected chi connectivity index (χ3v) is 13.7. The number of ketones is 1. The minimum atomic E-state index is -1.52. The summed E-state index contributed by atoms with van der Waals surface area (Å²) in [6.07, 6.45) is 4.62. The summed E-state index contributed by atoms with van der Waals surface area (Å²) in [4.78, 5) is 66.9. The Morgan fingerprint density at radius 1 is 1.03 bits per heavy atom. The molecule has 9 atom stereocenters. The number of carboxylic acids is 1. The first kappa shape index (κ1) is 44.7. The van der Waals surface area contributed by atoms with Crippen LogP contribution in [0.2, 0.25) is 5.02 Å². The van der Waals surface area contributed by atoms with E-state index in [2.05, 4.69) is 37.7 Å². The molecule has 5 aliphatic rings. The average molecular weight is 890 g/mol. The second-order valence-corrected chi connectivity index (χ2v) is 19.8. The molecule has 0 spiro atoms. The molecule has 4 saturated carbocycles. The summed E-state index contributed by atoms with van der Waals surface area (Å²) in [6, 6.07) is 4.67. The van der Waals surface area contributed by atoms with Gasteiger partial charge in [-0.2, -0.15) is 4.98 Å². The molecule has 1 aromatic carbocycles. The zero-order valence-corrected chi connectivity index (χ0v) is 37.5. The van der Waals surface area contributed by atoms with Crippen LogP contribution in [-0.2, 0) is 19.1 Å². The van der Waals surface area contributed by atoms with Crippen LogP contribution in [-0.4, -0.2) is 113 Å². The Morgan fingerprint density at radius 2 is 1.76 bits per heavy atom. The zero-order chi connectivity index (χ0) is 44.8. The van der Waals surface area contributed by atoms with Crippen molar-refractivity contribution in [2.24, 2.45) is 35.0 Å². The number of halogens is 1. The second-order valence-electron chi connectivity index (χ2n) is 19.4. The number of nitrogens with one attached hydrogen (secondary N) is 4. The number of aromatic nitrogens is 2. The summed E-state index contributed by atoms with van der Waals surface area (Å²) < 4.78 is 24.5. The lowest BCUT2D eigenvalue weighted by Crippen LogP contribution is -2.54. The smallest absolute Gasteiger partial charge is 0.408 e. The number of hydrogen-bond acceptors (Lipinski definition) is 13. The SMILES string of the molecule is C=C[C@@H]1C[C@]1(NC(=O)[C@@H]1C[C@@H](Oc2cc(-c3coc(NC(C)C)n3)nc3c(Cl)c(OCCN4CCNCC4)ccc23)CC1C(=O)[C@@H](NC(=O)OC1C[C@@H]2C[C@@H]2C1)C(C)(C)C)C(=O)O. The topological polar surface area (TPSA) is 206 Å². The Morgan fingerprint density at radius 3 is 2.43 bits per heavy atom. The first-order chi connectivity index (χ1) is 30.0. The van der Waals surface area contributed by atoms with Crippen molar-refractivity contribution in [3.8, 4) is 22.9 Å². The summed E-state index contributed by atoms with van der Waals surface area (Å²) in [7, 11) is 0. The van der Waals surface area contributed by atoms with Gasteiger partial charge in [0.15, 0.2) is 5.78 Å². The lowest BCUT2D eigenvalue weighted by Gasteiger charge is -2.33. The number of oxazole rings is 1. The lowest BCUT2D eigenvalue weighted by molar-refractivity contribution is -0.144. The number of carbonyl (C=O) groups is 4. The Balaban J connectivity index is 1.09. The van der Waals surface area contributed by atoms with Crippen molar-refractivity contribution in [1.29, 1.82) is 0 Å². The molecule has 1 saturated heterocycles. The van der Waals surface area contributed by atoms with Crippen molar-refractivity contribution in [3.63, 3.8) is 0 Å². The van der Waals surface area contributed by atoms with Crippen molar-refractivity contribution in [2.45, 2.75) is 103 Å². The average Bonchev–Trinajstić information content (AvgIpc) is 3.91. The zero-order valence-electron chi connectivity index (χ0n) is 36.7. The Labute approximate surface area is 372 Å². The summed E-state index contributed by atoms with van der Waals surface area (Å²) >= 11 is 7.09. The molecular weight excluding hydrogens is 830 g/mol. The fourth-order valence-corrected chi connectivity index (χ4v) is 9.92. The maximum atomic E-state index is 14.9. The van der Waals surface area contributed by atoms with Gasteiger partial charge >= 0.3 is 12.1 Å². The Hall–Kier alpha value is -4.93. The van der Waals surface area contributed by atoms with Crippen LogP contribution in [0.1, 0.15) is 73.1 Å². The summed E-state index contributed by atoms with van der Waals surface area (Å²) in [6.45, 7) is 18.1. The van der Waals surface area contributed by atoms with Gasteiger partial charge in [-0.3, -0.25) is 14.5 Å². The van der Waals surface area contributed by atoms with Crippen molar-refractivity contribution in [1.82, 2.24) is 30.8 Å². The molecule has 3 heterocycles. The third-order valence-electron chi connectivity index (χ3n) is 13.3. The number of carboxylic acid groups (broad SMARTS) is 1. The van der Waals surface area contributed by atoms with Gasteiger partial charge in [0.25, 0.3) is 6.01 Å². The largest absolute Gasteiger partial charge is 0.491 e. The molecule has 5 fully saturated rings. The van der Waals surface area contributed by atoms with E-state index in [0.717, 1.165) is 45.6 Å². The van der Waals surface area contributed by atoms with Crippen LogP contribution in [0.5, 0.6) is 11.5 Å². The monoisotopic (exact) mass is 889 g/mol. The molecule has 2 unspecified atom stereocenters. The molecule has 2 amide bonds. The summed E-state index contributed by atoms with van der Waals surface area (Å²) in [5.74, 6) is -2.48. The van der Waals surface area contributed by atoms with E-state index in [1.807, 2.05) is 40.7 Å². The molecule has 0 bridgehead atoms. The molecule has 340 valence electrons. The fraction of sp³-hybridized carbons (Fsp3) is 0.609. The summed E-state index contributed by atoms with van der Waals surface area (Å²) in [5.41, 5.74) is -1.06. The highest BCUT2D eigenvalue weighted by Gasteiger charge is 2.61.